The first kappa shape index (κ1) is 14.5. The standard InChI is InChI=1S/C15H27N3O/c1-11-13(12(2)18(17-11)8-9-19)10-16-14-6-5-7-15(14,3)4/h14,16,19H,5-10H2,1-4H3. The average molecular weight is 265 g/mol. The lowest BCUT2D eigenvalue weighted by Crippen LogP contribution is -2.37. The van der Waals surface area contributed by atoms with Gasteiger partial charge in [0.1, 0.15) is 0 Å². The summed E-state index contributed by atoms with van der Waals surface area (Å²) >= 11 is 0. The molecular formula is C15H27N3O. The summed E-state index contributed by atoms with van der Waals surface area (Å²) in [5.74, 6) is 0. The van der Waals surface area contributed by atoms with E-state index in [1.165, 1.54) is 30.5 Å². The van der Waals surface area contributed by atoms with Crippen LogP contribution in [-0.4, -0.2) is 27.5 Å². The number of nitrogens with one attached hydrogen (secondary N) is 1. The van der Waals surface area contributed by atoms with E-state index < -0.39 is 0 Å². The van der Waals surface area contributed by atoms with E-state index in [1.807, 2.05) is 4.68 Å². The van der Waals surface area contributed by atoms with Gasteiger partial charge in [0.25, 0.3) is 0 Å². The monoisotopic (exact) mass is 265 g/mol. The Labute approximate surface area is 116 Å². The van der Waals surface area contributed by atoms with Crippen LogP contribution in [0.2, 0.25) is 0 Å². The lowest BCUT2D eigenvalue weighted by molar-refractivity contribution is 0.267. The van der Waals surface area contributed by atoms with Gasteiger partial charge in [-0.2, -0.15) is 5.10 Å². The van der Waals surface area contributed by atoms with E-state index in [0.717, 1.165) is 12.2 Å². The summed E-state index contributed by atoms with van der Waals surface area (Å²) in [5.41, 5.74) is 3.95. The van der Waals surface area contributed by atoms with Crippen LogP contribution in [0.15, 0.2) is 0 Å². The maximum absolute atomic E-state index is 9.04. The Morgan fingerprint density at radius 2 is 2.16 bits per heavy atom. The van der Waals surface area contributed by atoms with Crippen molar-refractivity contribution >= 4 is 0 Å². The lowest BCUT2D eigenvalue weighted by Gasteiger charge is -2.28. The van der Waals surface area contributed by atoms with Crippen molar-refractivity contribution in [3.05, 3.63) is 17.0 Å². The Bertz CT molecular complexity index is 437. The molecule has 0 aliphatic heterocycles. The van der Waals surface area contributed by atoms with E-state index in [-0.39, 0.29) is 6.61 Å². The molecule has 1 saturated carbocycles. The van der Waals surface area contributed by atoms with E-state index in [9.17, 15) is 0 Å². The van der Waals surface area contributed by atoms with Gasteiger partial charge in [0.15, 0.2) is 0 Å². The number of hydrogen-bond acceptors (Lipinski definition) is 3. The molecule has 0 spiro atoms. The molecule has 0 aromatic carbocycles. The van der Waals surface area contributed by atoms with Crippen LogP contribution in [0.3, 0.4) is 0 Å². The Balaban J connectivity index is 2.03. The van der Waals surface area contributed by atoms with Gasteiger partial charge >= 0.3 is 0 Å². The molecular weight excluding hydrogens is 238 g/mol. The summed E-state index contributed by atoms with van der Waals surface area (Å²) < 4.78 is 1.91. The fraction of sp³-hybridized carbons (Fsp3) is 0.800. The molecule has 4 heteroatoms. The molecule has 1 heterocycles. The largest absolute Gasteiger partial charge is 0.394 e. The predicted octanol–water partition coefficient (Wildman–Crippen LogP) is 2.16. The third-order valence-electron chi connectivity index (χ3n) is 4.63. The summed E-state index contributed by atoms with van der Waals surface area (Å²) in [6.07, 6.45) is 3.91. The molecule has 1 unspecified atom stereocenters. The van der Waals surface area contributed by atoms with E-state index >= 15 is 0 Å². The van der Waals surface area contributed by atoms with Gasteiger partial charge in [0.05, 0.1) is 18.8 Å². The first-order valence-corrected chi connectivity index (χ1v) is 7.33. The maximum Gasteiger partial charge on any atom is 0.0644 e. The van der Waals surface area contributed by atoms with Crippen molar-refractivity contribution in [3.63, 3.8) is 0 Å². The molecule has 2 rings (SSSR count). The number of aliphatic hydroxyl groups excluding tert-OH is 1. The number of hydrogen-bond donors (Lipinski definition) is 2. The van der Waals surface area contributed by atoms with Gasteiger partial charge in [0.2, 0.25) is 0 Å². The summed E-state index contributed by atoms with van der Waals surface area (Å²) in [4.78, 5) is 0. The van der Waals surface area contributed by atoms with Gasteiger partial charge in [-0.25, -0.2) is 0 Å². The van der Waals surface area contributed by atoms with Gasteiger partial charge in [-0.05, 0) is 32.1 Å². The van der Waals surface area contributed by atoms with Crippen LogP contribution in [0, 0.1) is 19.3 Å². The molecule has 1 aliphatic rings. The second-order valence-electron chi connectivity index (χ2n) is 6.41. The average Bonchev–Trinajstić information content (AvgIpc) is 2.79. The van der Waals surface area contributed by atoms with E-state index in [0.29, 0.717) is 18.0 Å². The molecule has 0 saturated heterocycles. The SMILES string of the molecule is Cc1nn(CCO)c(C)c1CNC1CCCC1(C)C. The summed E-state index contributed by atoms with van der Waals surface area (Å²) in [7, 11) is 0. The predicted molar refractivity (Wildman–Crippen MR) is 77.0 cm³/mol. The first-order chi connectivity index (χ1) is 8.95. The zero-order valence-corrected chi connectivity index (χ0v) is 12.7. The molecule has 19 heavy (non-hydrogen) atoms. The topological polar surface area (TPSA) is 50.1 Å². The Morgan fingerprint density at radius 3 is 2.74 bits per heavy atom. The van der Waals surface area contributed by atoms with Gasteiger partial charge in [0, 0.05) is 23.8 Å². The zero-order valence-electron chi connectivity index (χ0n) is 12.7. The Morgan fingerprint density at radius 1 is 1.42 bits per heavy atom. The molecule has 1 aromatic rings. The number of aliphatic hydroxyl groups is 1. The summed E-state index contributed by atoms with van der Waals surface area (Å²) in [5, 5.41) is 17.2. The third kappa shape index (κ3) is 3.00. The minimum atomic E-state index is 0.143. The van der Waals surface area contributed by atoms with Crippen molar-refractivity contribution < 1.29 is 5.11 Å². The van der Waals surface area contributed by atoms with Crippen molar-refractivity contribution in [1.29, 1.82) is 0 Å². The van der Waals surface area contributed by atoms with Crippen molar-refractivity contribution in [2.75, 3.05) is 6.61 Å². The van der Waals surface area contributed by atoms with Crippen LogP contribution in [-0.2, 0) is 13.1 Å². The Hall–Kier alpha value is -0.870. The second kappa shape index (κ2) is 5.63. The van der Waals surface area contributed by atoms with E-state index in [2.05, 4.69) is 38.1 Å². The fourth-order valence-electron chi connectivity index (χ4n) is 3.23. The molecule has 1 aliphatic carbocycles. The summed E-state index contributed by atoms with van der Waals surface area (Å²) in [6, 6.07) is 0.604. The van der Waals surface area contributed by atoms with Crippen molar-refractivity contribution in [2.24, 2.45) is 5.41 Å². The number of rotatable bonds is 5. The van der Waals surface area contributed by atoms with Crippen LogP contribution >= 0.6 is 0 Å². The van der Waals surface area contributed by atoms with Crippen molar-refractivity contribution in [1.82, 2.24) is 15.1 Å². The molecule has 0 bridgehead atoms. The molecule has 1 fully saturated rings. The molecule has 4 nitrogen and oxygen atoms in total. The van der Waals surface area contributed by atoms with Gasteiger partial charge in [-0.1, -0.05) is 20.3 Å². The minimum absolute atomic E-state index is 0.143. The normalized spacial score (nSPS) is 22.1. The van der Waals surface area contributed by atoms with Crippen LogP contribution in [0.4, 0.5) is 0 Å². The number of nitrogens with zero attached hydrogens (tertiary/aromatic N) is 2. The molecule has 1 aromatic heterocycles. The van der Waals surface area contributed by atoms with Crippen LogP contribution < -0.4 is 5.32 Å². The molecule has 108 valence electrons. The third-order valence-corrected chi connectivity index (χ3v) is 4.63. The first-order valence-electron chi connectivity index (χ1n) is 7.33. The highest BCUT2D eigenvalue weighted by Gasteiger charge is 2.34. The van der Waals surface area contributed by atoms with Gasteiger partial charge in [-0.15, -0.1) is 0 Å². The van der Waals surface area contributed by atoms with Gasteiger partial charge in [-0.3, -0.25) is 4.68 Å². The van der Waals surface area contributed by atoms with Gasteiger partial charge < -0.3 is 10.4 Å². The van der Waals surface area contributed by atoms with Crippen molar-refractivity contribution in [3.8, 4) is 0 Å². The lowest BCUT2D eigenvalue weighted by atomic mass is 9.87. The molecule has 0 radical (unpaired) electrons. The molecule has 2 N–H and O–H groups in total. The highest BCUT2D eigenvalue weighted by atomic mass is 16.3. The van der Waals surface area contributed by atoms with Crippen molar-refractivity contribution in [2.45, 2.75) is 66.1 Å². The quantitative estimate of drug-likeness (QED) is 0.858. The maximum atomic E-state index is 9.04. The minimum Gasteiger partial charge on any atom is -0.394 e. The molecule has 1 atom stereocenters. The highest BCUT2D eigenvalue weighted by Crippen LogP contribution is 2.37. The second-order valence-corrected chi connectivity index (χ2v) is 6.41. The number of aryl methyl sites for hydroxylation is 1. The van der Waals surface area contributed by atoms with Crippen LogP contribution in [0.1, 0.15) is 50.1 Å². The molecule has 0 amide bonds. The fourth-order valence-corrected chi connectivity index (χ4v) is 3.23. The van der Waals surface area contributed by atoms with E-state index in [1.54, 1.807) is 0 Å². The number of aromatic nitrogens is 2. The smallest absolute Gasteiger partial charge is 0.0644 e. The van der Waals surface area contributed by atoms with E-state index in [4.69, 9.17) is 5.11 Å². The zero-order chi connectivity index (χ0) is 14.0. The van der Waals surface area contributed by atoms with Crippen LogP contribution in [0.5, 0.6) is 0 Å². The summed E-state index contributed by atoms with van der Waals surface area (Å²) in [6.45, 7) is 10.5. The highest BCUT2D eigenvalue weighted by molar-refractivity contribution is 5.24. The Kier molecular flexibility index (Phi) is 4.31. The van der Waals surface area contributed by atoms with Crippen LogP contribution in [0.25, 0.3) is 0 Å².